The fourth-order valence-electron chi connectivity index (χ4n) is 0.529. The molecule has 0 spiro atoms. The van der Waals surface area contributed by atoms with Crippen molar-refractivity contribution in [2.75, 3.05) is 6.61 Å². The Balaban J connectivity index is 2.74. The molecule has 0 saturated heterocycles. The molecule has 1 aromatic rings. The standard InChI is InChI=1S/C4H9N5O/c1-9-7-4(6-8-9)3(5)2-10/h3,10H,2,5H2,1H3/t3-/m0/s1. The summed E-state index contributed by atoms with van der Waals surface area (Å²) in [6.45, 7) is -0.161. The third-order valence-corrected chi connectivity index (χ3v) is 1.05. The number of hydrogen-bond donors (Lipinski definition) is 2. The molecule has 3 N–H and O–H groups in total. The van der Waals surface area contributed by atoms with Crippen molar-refractivity contribution in [3.05, 3.63) is 5.82 Å². The van der Waals surface area contributed by atoms with E-state index in [4.69, 9.17) is 10.8 Å². The van der Waals surface area contributed by atoms with Crippen LogP contribution in [0.15, 0.2) is 0 Å². The van der Waals surface area contributed by atoms with Gasteiger partial charge in [-0.05, 0) is 5.21 Å². The number of tetrazole rings is 1. The minimum Gasteiger partial charge on any atom is -0.394 e. The summed E-state index contributed by atoms with van der Waals surface area (Å²) >= 11 is 0. The molecule has 1 heterocycles. The van der Waals surface area contributed by atoms with Gasteiger partial charge >= 0.3 is 0 Å². The lowest BCUT2D eigenvalue weighted by molar-refractivity contribution is 0.263. The molecule has 56 valence electrons. The van der Waals surface area contributed by atoms with Crippen molar-refractivity contribution in [2.24, 2.45) is 12.8 Å². The summed E-state index contributed by atoms with van der Waals surface area (Å²) in [5, 5.41) is 19.5. The summed E-state index contributed by atoms with van der Waals surface area (Å²) < 4.78 is 0. The van der Waals surface area contributed by atoms with E-state index in [1.165, 1.54) is 4.80 Å². The number of nitrogens with two attached hydrogens (primary N) is 1. The van der Waals surface area contributed by atoms with E-state index in [1.807, 2.05) is 0 Å². The van der Waals surface area contributed by atoms with Crippen LogP contribution in [0.5, 0.6) is 0 Å². The van der Waals surface area contributed by atoms with Crippen molar-refractivity contribution in [1.82, 2.24) is 20.2 Å². The molecule has 0 aliphatic carbocycles. The molecule has 0 saturated carbocycles. The number of aliphatic hydroxyl groups is 1. The van der Waals surface area contributed by atoms with Crippen LogP contribution in [-0.2, 0) is 7.05 Å². The highest BCUT2D eigenvalue weighted by Gasteiger charge is 2.08. The number of nitrogens with zero attached hydrogens (tertiary/aromatic N) is 4. The molecule has 0 aliphatic heterocycles. The lowest BCUT2D eigenvalue weighted by atomic mass is 10.3. The molecule has 0 radical (unpaired) electrons. The molecule has 0 aromatic carbocycles. The molecule has 1 atom stereocenters. The van der Waals surface area contributed by atoms with Crippen LogP contribution in [0.25, 0.3) is 0 Å². The zero-order valence-corrected chi connectivity index (χ0v) is 5.60. The lowest BCUT2D eigenvalue weighted by Crippen LogP contribution is -2.16. The third kappa shape index (κ3) is 1.28. The molecular formula is C4H9N5O. The Bertz CT molecular complexity index is 209. The maximum absolute atomic E-state index is 8.56. The molecule has 0 fully saturated rings. The molecule has 0 unspecified atom stereocenters. The highest BCUT2D eigenvalue weighted by atomic mass is 16.3. The maximum atomic E-state index is 8.56. The van der Waals surface area contributed by atoms with Crippen molar-refractivity contribution in [3.63, 3.8) is 0 Å². The first-order valence-electron chi connectivity index (χ1n) is 2.84. The fraction of sp³-hybridized carbons (Fsp3) is 0.750. The number of hydrogen-bond acceptors (Lipinski definition) is 5. The van der Waals surface area contributed by atoms with Crippen LogP contribution in [0, 0.1) is 0 Å². The third-order valence-electron chi connectivity index (χ3n) is 1.05. The number of aromatic nitrogens is 4. The van der Waals surface area contributed by atoms with Crippen molar-refractivity contribution in [2.45, 2.75) is 6.04 Å². The molecule has 1 aromatic heterocycles. The minimum atomic E-state index is -0.520. The molecule has 1 rings (SSSR count). The van der Waals surface area contributed by atoms with Crippen LogP contribution in [0.4, 0.5) is 0 Å². The van der Waals surface area contributed by atoms with Gasteiger partial charge < -0.3 is 10.8 Å². The Kier molecular flexibility index (Phi) is 1.93. The smallest absolute Gasteiger partial charge is 0.193 e. The van der Waals surface area contributed by atoms with Crippen LogP contribution in [0.1, 0.15) is 11.9 Å². The van der Waals surface area contributed by atoms with E-state index in [1.54, 1.807) is 7.05 Å². The second-order valence-corrected chi connectivity index (χ2v) is 1.93. The number of rotatable bonds is 2. The Morgan fingerprint density at radius 2 is 2.50 bits per heavy atom. The summed E-state index contributed by atoms with van der Waals surface area (Å²) in [5.41, 5.74) is 5.38. The van der Waals surface area contributed by atoms with Gasteiger partial charge in [-0.25, -0.2) is 0 Å². The van der Waals surface area contributed by atoms with Gasteiger partial charge in [0, 0.05) is 0 Å². The van der Waals surface area contributed by atoms with Crippen LogP contribution in [-0.4, -0.2) is 31.9 Å². The van der Waals surface area contributed by atoms with E-state index in [0.29, 0.717) is 5.82 Å². The summed E-state index contributed by atoms with van der Waals surface area (Å²) in [4.78, 5) is 1.30. The second-order valence-electron chi connectivity index (χ2n) is 1.93. The van der Waals surface area contributed by atoms with Gasteiger partial charge in [0.1, 0.15) is 0 Å². The van der Waals surface area contributed by atoms with Crippen molar-refractivity contribution in [1.29, 1.82) is 0 Å². The monoisotopic (exact) mass is 143 g/mol. The van der Waals surface area contributed by atoms with E-state index in [0.717, 1.165) is 0 Å². The van der Waals surface area contributed by atoms with Gasteiger partial charge in [0.15, 0.2) is 5.82 Å². The average molecular weight is 143 g/mol. The van der Waals surface area contributed by atoms with Gasteiger partial charge in [-0.2, -0.15) is 4.80 Å². The number of aliphatic hydroxyl groups excluding tert-OH is 1. The fourth-order valence-corrected chi connectivity index (χ4v) is 0.529. The first kappa shape index (κ1) is 7.10. The van der Waals surface area contributed by atoms with Gasteiger partial charge in [0.2, 0.25) is 0 Å². The maximum Gasteiger partial charge on any atom is 0.193 e. The van der Waals surface area contributed by atoms with Crippen LogP contribution < -0.4 is 5.73 Å². The molecule has 10 heavy (non-hydrogen) atoms. The van der Waals surface area contributed by atoms with Gasteiger partial charge in [-0.15, -0.1) is 10.2 Å². The normalized spacial score (nSPS) is 13.5. The molecule has 6 heteroatoms. The highest BCUT2D eigenvalue weighted by molar-refractivity contribution is 4.85. The summed E-state index contributed by atoms with van der Waals surface area (Å²) in [6.07, 6.45) is 0. The zero-order valence-electron chi connectivity index (χ0n) is 5.60. The van der Waals surface area contributed by atoms with Crippen molar-refractivity contribution < 1.29 is 5.11 Å². The first-order chi connectivity index (χ1) is 4.74. The van der Waals surface area contributed by atoms with Crippen LogP contribution in [0.3, 0.4) is 0 Å². The number of aryl methyl sites for hydroxylation is 1. The summed E-state index contributed by atoms with van der Waals surface area (Å²) in [5.74, 6) is 0.366. The first-order valence-corrected chi connectivity index (χ1v) is 2.84. The zero-order chi connectivity index (χ0) is 7.56. The predicted octanol–water partition coefficient (Wildman–Crippen LogP) is -1.80. The van der Waals surface area contributed by atoms with Crippen LogP contribution >= 0.6 is 0 Å². The van der Waals surface area contributed by atoms with E-state index in [-0.39, 0.29) is 6.61 Å². The highest BCUT2D eigenvalue weighted by Crippen LogP contribution is 1.97. The second kappa shape index (κ2) is 2.72. The molecule has 0 amide bonds. The van der Waals surface area contributed by atoms with Gasteiger partial charge in [0.25, 0.3) is 0 Å². The SMILES string of the molecule is Cn1nnc([C@@H](N)CO)n1. The van der Waals surface area contributed by atoms with Crippen molar-refractivity contribution in [3.8, 4) is 0 Å². The Labute approximate surface area is 57.6 Å². The molecule has 6 nitrogen and oxygen atoms in total. The quantitative estimate of drug-likeness (QED) is 0.510. The van der Waals surface area contributed by atoms with E-state index in [2.05, 4.69) is 15.4 Å². The van der Waals surface area contributed by atoms with E-state index in [9.17, 15) is 0 Å². The average Bonchev–Trinajstić information content (AvgIpc) is 2.34. The largest absolute Gasteiger partial charge is 0.394 e. The molecule has 0 aliphatic rings. The lowest BCUT2D eigenvalue weighted by Gasteiger charge is -1.98. The Hall–Kier alpha value is -1.01. The molecule has 0 bridgehead atoms. The minimum absolute atomic E-state index is 0.161. The van der Waals surface area contributed by atoms with E-state index >= 15 is 0 Å². The Morgan fingerprint density at radius 1 is 1.80 bits per heavy atom. The summed E-state index contributed by atoms with van der Waals surface area (Å²) in [6, 6.07) is -0.520. The van der Waals surface area contributed by atoms with Crippen molar-refractivity contribution >= 4 is 0 Å². The predicted molar refractivity (Wildman–Crippen MR) is 32.8 cm³/mol. The van der Waals surface area contributed by atoms with Crippen LogP contribution in [0.2, 0.25) is 0 Å². The van der Waals surface area contributed by atoms with Gasteiger partial charge in [-0.1, -0.05) is 0 Å². The Morgan fingerprint density at radius 3 is 2.90 bits per heavy atom. The summed E-state index contributed by atoms with van der Waals surface area (Å²) in [7, 11) is 1.64. The topological polar surface area (TPSA) is 89.9 Å². The van der Waals surface area contributed by atoms with Gasteiger partial charge in [0.05, 0.1) is 19.7 Å². The van der Waals surface area contributed by atoms with E-state index < -0.39 is 6.04 Å². The molecular weight excluding hydrogens is 134 g/mol. The van der Waals surface area contributed by atoms with Gasteiger partial charge in [-0.3, -0.25) is 0 Å².